The summed E-state index contributed by atoms with van der Waals surface area (Å²) in [5.74, 6) is 0. The van der Waals surface area contributed by atoms with Gasteiger partial charge in [-0.2, -0.15) is 0 Å². The Morgan fingerprint density at radius 1 is 0.283 bits per heavy atom. The van der Waals surface area contributed by atoms with Crippen molar-refractivity contribution in [2.24, 2.45) is 0 Å². The smallest absolute Gasteiger partial charge is 0.0491 e. The van der Waals surface area contributed by atoms with Crippen LogP contribution in [0.25, 0.3) is 99.0 Å². The summed E-state index contributed by atoms with van der Waals surface area (Å²) in [5.41, 5.74) is 15.0. The molecule has 1 aromatic heterocycles. The van der Waals surface area contributed by atoms with Gasteiger partial charge in [0, 0.05) is 28.4 Å². The molecule has 0 unspecified atom stereocenters. The van der Waals surface area contributed by atoms with Crippen LogP contribution in [0.3, 0.4) is 0 Å². The first kappa shape index (κ1) is 31.1. The lowest BCUT2D eigenvalue weighted by molar-refractivity contribution is 0.827. The fourth-order valence-corrected chi connectivity index (χ4v) is 8.47. The van der Waals surface area contributed by atoms with E-state index in [2.05, 4.69) is 206 Å². The minimum Gasteiger partial charge on any atom is -0.341 e. The number of fused-ring (bicyclic) bond motifs is 5. The normalized spacial score (nSPS) is 11.6. The molecule has 0 radical (unpaired) electrons. The van der Waals surface area contributed by atoms with Crippen molar-refractivity contribution in [2.75, 3.05) is 0 Å². The van der Waals surface area contributed by atoms with Crippen molar-refractivity contribution < 1.29 is 0 Å². The number of benzene rings is 9. The first-order valence-corrected chi connectivity index (χ1v) is 18.6. The first-order valence-electron chi connectivity index (χ1n) is 18.6. The fourth-order valence-electron chi connectivity index (χ4n) is 8.47. The largest absolute Gasteiger partial charge is 0.341 e. The molecule has 0 saturated heterocycles. The van der Waals surface area contributed by atoms with Gasteiger partial charge in [-0.3, -0.25) is 0 Å². The molecular weight excluding hydrogens is 639 g/mol. The second-order valence-electron chi connectivity index (χ2n) is 13.9. The zero-order chi connectivity index (χ0) is 35.3. The molecule has 0 spiro atoms. The third-order valence-corrected chi connectivity index (χ3v) is 11.0. The topological polar surface area (TPSA) is 4.93 Å². The summed E-state index contributed by atoms with van der Waals surface area (Å²) >= 11 is 0. The van der Waals surface area contributed by atoms with Crippen LogP contribution in [0, 0.1) is 0 Å². The van der Waals surface area contributed by atoms with Crippen LogP contribution in [-0.4, -0.2) is 4.57 Å². The van der Waals surface area contributed by atoms with Crippen molar-refractivity contribution in [3.05, 3.63) is 194 Å². The predicted molar refractivity (Wildman–Crippen MR) is 227 cm³/mol. The molecule has 10 rings (SSSR count). The van der Waals surface area contributed by atoms with E-state index in [4.69, 9.17) is 0 Å². The standard InChI is InChI=1S/C52H37N/c1-2-53-49-19-11-10-14-43(49)48-34-42(32-33-50(48)53)39-22-20-37(21-23-39)38-26-30-41(31-27-38)52-46-17-8-6-15-44(46)51(45-16-7-9-18-47(45)52)40-28-24-36(25-29-40)35-12-4-3-5-13-35/h3-34H,2H2,1H3. The molecule has 1 heterocycles. The van der Waals surface area contributed by atoms with Crippen LogP contribution in [-0.2, 0) is 6.54 Å². The highest BCUT2D eigenvalue weighted by Crippen LogP contribution is 2.44. The SMILES string of the molecule is CCn1c2ccccc2c2cc(-c3ccc(-c4ccc(-c5c6ccccc6c(-c6ccc(-c7ccccc7)cc6)c6ccccc56)cc4)cc3)ccc21. The zero-order valence-electron chi connectivity index (χ0n) is 29.6. The molecule has 250 valence electrons. The molecule has 0 bridgehead atoms. The summed E-state index contributed by atoms with van der Waals surface area (Å²) in [7, 11) is 0. The van der Waals surface area contributed by atoms with Crippen molar-refractivity contribution >= 4 is 43.4 Å². The number of hydrogen-bond acceptors (Lipinski definition) is 0. The Labute approximate surface area is 310 Å². The average molecular weight is 676 g/mol. The molecule has 1 nitrogen and oxygen atoms in total. The molecular formula is C52H37N. The third kappa shape index (κ3) is 5.24. The Hall–Kier alpha value is -6.70. The molecule has 53 heavy (non-hydrogen) atoms. The van der Waals surface area contributed by atoms with Crippen molar-refractivity contribution in [3.8, 4) is 55.6 Å². The summed E-state index contributed by atoms with van der Waals surface area (Å²) in [6.07, 6.45) is 0. The number of aryl methyl sites for hydroxylation is 1. The van der Waals surface area contributed by atoms with Crippen LogP contribution < -0.4 is 0 Å². The molecule has 0 saturated carbocycles. The Morgan fingerprint density at radius 3 is 1.09 bits per heavy atom. The zero-order valence-corrected chi connectivity index (χ0v) is 29.6. The molecule has 0 atom stereocenters. The van der Waals surface area contributed by atoms with Gasteiger partial charge in [-0.25, -0.2) is 0 Å². The predicted octanol–water partition coefficient (Wildman–Crippen LogP) is 14.5. The second kappa shape index (κ2) is 12.8. The lowest BCUT2D eigenvalue weighted by atomic mass is 9.85. The van der Waals surface area contributed by atoms with Crippen molar-refractivity contribution in [3.63, 3.8) is 0 Å². The number of nitrogens with zero attached hydrogens (tertiary/aromatic N) is 1. The number of hydrogen-bond donors (Lipinski definition) is 0. The summed E-state index contributed by atoms with van der Waals surface area (Å²) < 4.78 is 2.41. The van der Waals surface area contributed by atoms with Crippen LogP contribution in [0.5, 0.6) is 0 Å². The molecule has 0 aliphatic heterocycles. The second-order valence-corrected chi connectivity index (χ2v) is 13.9. The highest BCUT2D eigenvalue weighted by atomic mass is 15.0. The summed E-state index contributed by atoms with van der Waals surface area (Å²) in [6, 6.07) is 71.2. The van der Waals surface area contributed by atoms with E-state index in [1.54, 1.807) is 0 Å². The Kier molecular flexibility index (Phi) is 7.51. The van der Waals surface area contributed by atoms with Crippen molar-refractivity contribution in [1.82, 2.24) is 4.57 Å². The van der Waals surface area contributed by atoms with E-state index >= 15 is 0 Å². The van der Waals surface area contributed by atoms with Gasteiger partial charge in [0.25, 0.3) is 0 Å². The van der Waals surface area contributed by atoms with Crippen LogP contribution in [0.15, 0.2) is 194 Å². The van der Waals surface area contributed by atoms with Gasteiger partial charge in [0.2, 0.25) is 0 Å². The van der Waals surface area contributed by atoms with Gasteiger partial charge in [0.15, 0.2) is 0 Å². The van der Waals surface area contributed by atoms with E-state index in [-0.39, 0.29) is 0 Å². The molecule has 0 amide bonds. The number of para-hydroxylation sites is 1. The molecule has 10 aromatic rings. The Morgan fingerprint density at radius 2 is 0.623 bits per heavy atom. The Bertz CT molecular complexity index is 2870. The highest BCUT2D eigenvalue weighted by molar-refractivity contribution is 6.21. The molecule has 9 aromatic carbocycles. The minimum absolute atomic E-state index is 0.957. The summed E-state index contributed by atoms with van der Waals surface area (Å²) in [6.45, 7) is 3.18. The molecule has 0 N–H and O–H groups in total. The fraction of sp³-hybridized carbons (Fsp3) is 0.0385. The maximum absolute atomic E-state index is 2.41. The van der Waals surface area contributed by atoms with Gasteiger partial charge in [-0.1, -0.05) is 176 Å². The van der Waals surface area contributed by atoms with E-state index in [0.717, 1.165) is 6.54 Å². The quantitative estimate of drug-likeness (QED) is 0.155. The van der Waals surface area contributed by atoms with E-state index in [1.807, 2.05) is 0 Å². The van der Waals surface area contributed by atoms with E-state index < -0.39 is 0 Å². The van der Waals surface area contributed by atoms with E-state index in [0.29, 0.717) is 0 Å². The van der Waals surface area contributed by atoms with Crippen LogP contribution in [0.4, 0.5) is 0 Å². The van der Waals surface area contributed by atoms with Gasteiger partial charge < -0.3 is 4.57 Å². The summed E-state index contributed by atoms with van der Waals surface area (Å²) in [4.78, 5) is 0. The maximum atomic E-state index is 2.41. The van der Waals surface area contributed by atoms with Gasteiger partial charge in [0.1, 0.15) is 0 Å². The molecule has 0 aliphatic carbocycles. The van der Waals surface area contributed by atoms with Gasteiger partial charge in [0.05, 0.1) is 0 Å². The minimum atomic E-state index is 0.957. The van der Waals surface area contributed by atoms with Crippen molar-refractivity contribution in [2.45, 2.75) is 13.5 Å². The molecule has 0 aliphatic rings. The number of aromatic nitrogens is 1. The van der Waals surface area contributed by atoms with Crippen molar-refractivity contribution in [1.29, 1.82) is 0 Å². The van der Waals surface area contributed by atoms with E-state index in [9.17, 15) is 0 Å². The number of rotatable bonds is 6. The molecule has 1 heteroatoms. The Balaban J connectivity index is 1.01. The lowest BCUT2D eigenvalue weighted by Gasteiger charge is -2.18. The van der Waals surface area contributed by atoms with E-state index in [1.165, 1.54) is 99.0 Å². The lowest BCUT2D eigenvalue weighted by Crippen LogP contribution is -1.92. The summed E-state index contributed by atoms with van der Waals surface area (Å²) in [5, 5.41) is 7.70. The maximum Gasteiger partial charge on any atom is 0.0491 e. The van der Waals surface area contributed by atoms with Crippen LogP contribution in [0.1, 0.15) is 6.92 Å². The third-order valence-electron chi connectivity index (χ3n) is 11.0. The van der Waals surface area contributed by atoms with Gasteiger partial charge >= 0.3 is 0 Å². The average Bonchev–Trinajstić information content (AvgIpc) is 3.56. The van der Waals surface area contributed by atoms with Gasteiger partial charge in [-0.05, 0) is 102 Å². The molecule has 0 fully saturated rings. The van der Waals surface area contributed by atoms with Crippen LogP contribution in [0.2, 0.25) is 0 Å². The highest BCUT2D eigenvalue weighted by Gasteiger charge is 2.17. The monoisotopic (exact) mass is 675 g/mol. The van der Waals surface area contributed by atoms with Gasteiger partial charge in [-0.15, -0.1) is 0 Å². The van der Waals surface area contributed by atoms with Crippen LogP contribution >= 0.6 is 0 Å². The first-order chi connectivity index (χ1) is 26.2.